The topological polar surface area (TPSA) is 52.6 Å². The first-order valence-corrected chi connectivity index (χ1v) is 9.95. The van der Waals surface area contributed by atoms with Crippen LogP contribution >= 0.6 is 0 Å². The van der Waals surface area contributed by atoms with E-state index in [-0.39, 0.29) is 16.9 Å². The Morgan fingerprint density at radius 3 is 2.03 bits per heavy atom. The molecular weight excluding hydrogens is 378 g/mol. The van der Waals surface area contributed by atoms with E-state index in [1.54, 1.807) is 0 Å². The number of benzene rings is 2. The summed E-state index contributed by atoms with van der Waals surface area (Å²) in [5, 5.41) is 0. The minimum Gasteiger partial charge on any atom is -0.462 e. The van der Waals surface area contributed by atoms with Crippen LogP contribution in [0.25, 0.3) is 0 Å². The van der Waals surface area contributed by atoms with Crippen molar-refractivity contribution in [2.75, 3.05) is 6.61 Å². The third-order valence-corrected chi connectivity index (χ3v) is 4.36. The van der Waals surface area contributed by atoms with E-state index in [2.05, 4.69) is 6.92 Å². The van der Waals surface area contributed by atoms with Gasteiger partial charge in [0.2, 0.25) is 0 Å². The minimum atomic E-state index is -0.851. The highest BCUT2D eigenvalue weighted by atomic mass is 19.1. The largest absolute Gasteiger partial charge is 0.462 e. The second kappa shape index (κ2) is 11.9. The van der Waals surface area contributed by atoms with Gasteiger partial charge in [-0.2, -0.15) is 0 Å². The van der Waals surface area contributed by atoms with Crippen LogP contribution in [0.2, 0.25) is 0 Å². The number of esters is 2. The average Bonchev–Trinajstić information content (AvgIpc) is 2.69. The van der Waals surface area contributed by atoms with Crippen LogP contribution < -0.4 is 4.74 Å². The van der Waals surface area contributed by atoms with Crippen LogP contribution in [-0.4, -0.2) is 18.5 Å². The van der Waals surface area contributed by atoms with E-state index >= 15 is 0 Å². The molecule has 0 spiro atoms. The molecule has 2 aromatic rings. The lowest BCUT2D eigenvalue weighted by Gasteiger charge is -2.07. The fourth-order valence-electron chi connectivity index (χ4n) is 2.83. The van der Waals surface area contributed by atoms with Crippen LogP contribution in [0.5, 0.6) is 5.75 Å². The maximum atomic E-state index is 13.2. The fraction of sp³-hybridized carbons (Fsp3) is 0.391. The fourth-order valence-corrected chi connectivity index (χ4v) is 2.83. The predicted octanol–water partition coefficient (Wildman–Crippen LogP) is 6.09. The summed E-state index contributed by atoms with van der Waals surface area (Å²) < 4.78 is 36.6. The van der Waals surface area contributed by atoms with Gasteiger partial charge in [-0.15, -0.1) is 0 Å². The molecule has 0 unspecified atom stereocenters. The molecule has 29 heavy (non-hydrogen) atoms. The molecule has 4 nitrogen and oxygen atoms in total. The molecular formula is C23H26F2O4. The lowest BCUT2D eigenvalue weighted by Crippen LogP contribution is -2.11. The van der Waals surface area contributed by atoms with Gasteiger partial charge in [0.1, 0.15) is 17.4 Å². The zero-order valence-electron chi connectivity index (χ0n) is 16.6. The molecule has 0 radical (unpaired) electrons. The normalized spacial score (nSPS) is 10.6. The Morgan fingerprint density at radius 1 is 0.793 bits per heavy atom. The van der Waals surface area contributed by atoms with Crippen LogP contribution in [0, 0.1) is 11.6 Å². The van der Waals surface area contributed by atoms with E-state index in [0.29, 0.717) is 12.7 Å². The van der Waals surface area contributed by atoms with Crippen molar-refractivity contribution in [1.82, 2.24) is 0 Å². The lowest BCUT2D eigenvalue weighted by atomic mass is 10.1. The molecule has 0 bridgehead atoms. The van der Waals surface area contributed by atoms with E-state index in [1.807, 2.05) is 0 Å². The van der Waals surface area contributed by atoms with Gasteiger partial charge in [-0.25, -0.2) is 18.4 Å². The van der Waals surface area contributed by atoms with Crippen molar-refractivity contribution in [2.45, 2.75) is 51.9 Å². The summed E-state index contributed by atoms with van der Waals surface area (Å²) in [6, 6.07) is 8.33. The highest BCUT2D eigenvalue weighted by Gasteiger charge is 2.14. The Hall–Kier alpha value is -2.76. The zero-order valence-corrected chi connectivity index (χ0v) is 16.6. The first-order chi connectivity index (χ1) is 14.0. The van der Waals surface area contributed by atoms with Gasteiger partial charge in [-0.3, -0.25) is 0 Å². The van der Waals surface area contributed by atoms with Gasteiger partial charge in [0, 0.05) is 18.2 Å². The van der Waals surface area contributed by atoms with Crippen molar-refractivity contribution in [3.05, 3.63) is 65.2 Å². The van der Waals surface area contributed by atoms with Crippen molar-refractivity contribution in [1.29, 1.82) is 0 Å². The number of hydrogen-bond acceptors (Lipinski definition) is 4. The monoisotopic (exact) mass is 404 g/mol. The first kappa shape index (κ1) is 22.5. The maximum absolute atomic E-state index is 13.2. The van der Waals surface area contributed by atoms with Crippen LogP contribution in [0.1, 0.15) is 72.6 Å². The minimum absolute atomic E-state index is 0.0834. The summed E-state index contributed by atoms with van der Waals surface area (Å²) in [5.41, 5.74) is 0.299. The van der Waals surface area contributed by atoms with Crippen LogP contribution in [0.3, 0.4) is 0 Å². The molecule has 156 valence electrons. The highest BCUT2D eigenvalue weighted by molar-refractivity contribution is 5.96. The van der Waals surface area contributed by atoms with Gasteiger partial charge in [0.05, 0.1) is 17.7 Å². The number of carbonyl (C=O) groups excluding carboxylic acids is 2. The molecule has 0 saturated carbocycles. The Kier molecular flexibility index (Phi) is 9.28. The molecule has 0 N–H and O–H groups in total. The van der Waals surface area contributed by atoms with Crippen LogP contribution in [0.15, 0.2) is 42.5 Å². The van der Waals surface area contributed by atoms with Crippen molar-refractivity contribution in [2.24, 2.45) is 0 Å². The van der Waals surface area contributed by atoms with Gasteiger partial charge < -0.3 is 9.47 Å². The SMILES string of the molecule is CCCCCCCCCOC(=O)c1cccc(C(=O)Oc2cc(F)cc(F)c2)c1. The maximum Gasteiger partial charge on any atom is 0.343 e. The number of ether oxygens (including phenoxy) is 2. The van der Waals surface area contributed by atoms with E-state index in [1.165, 1.54) is 49.9 Å². The number of halogens is 2. The number of rotatable bonds is 11. The van der Waals surface area contributed by atoms with E-state index in [9.17, 15) is 18.4 Å². The van der Waals surface area contributed by atoms with Crippen molar-refractivity contribution >= 4 is 11.9 Å². The van der Waals surface area contributed by atoms with Gasteiger partial charge in [-0.1, -0.05) is 51.5 Å². The lowest BCUT2D eigenvalue weighted by molar-refractivity contribution is 0.0497. The summed E-state index contributed by atoms with van der Waals surface area (Å²) in [6.45, 7) is 2.50. The second-order valence-electron chi connectivity index (χ2n) is 6.83. The van der Waals surface area contributed by atoms with Crippen LogP contribution in [-0.2, 0) is 4.74 Å². The average molecular weight is 404 g/mol. The number of carbonyl (C=O) groups is 2. The first-order valence-electron chi connectivity index (χ1n) is 9.95. The predicted molar refractivity (Wildman–Crippen MR) is 106 cm³/mol. The highest BCUT2D eigenvalue weighted by Crippen LogP contribution is 2.18. The van der Waals surface area contributed by atoms with Crippen molar-refractivity contribution in [3.63, 3.8) is 0 Å². The third kappa shape index (κ3) is 8.02. The Labute approximate surface area is 169 Å². The quantitative estimate of drug-likeness (QED) is 0.258. The summed E-state index contributed by atoms with van der Waals surface area (Å²) in [7, 11) is 0. The van der Waals surface area contributed by atoms with E-state index in [4.69, 9.17) is 9.47 Å². The molecule has 0 heterocycles. The second-order valence-corrected chi connectivity index (χ2v) is 6.83. The smallest absolute Gasteiger partial charge is 0.343 e. The Bertz CT molecular complexity index is 800. The molecule has 0 aliphatic heterocycles. The molecule has 0 aliphatic carbocycles. The molecule has 0 amide bonds. The van der Waals surface area contributed by atoms with Gasteiger partial charge in [0.15, 0.2) is 0 Å². The Morgan fingerprint density at radius 2 is 1.38 bits per heavy atom. The van der Waals surface area contributed by atoms with E-state index in [0.717, 1.165) is 31.4 Å². The molecule has 0 fully saturated rings. The van der Waals surface area contributed by atoms with E-state index < -0.39 is 23.6 Å². The molecule has 6 heteroatoms. The number of hydrogen-bond donors (Lipinski definition) is 0. The van der Waals surface area contributed by atoms with Gasteiger partial charge >= 0.3 is 11.9 Å². The van der Waals surface area contributed by atoms with Crippen molar-refractivity contribution in [3.8, 4) is 5.75 Å². The van der Waals surface area contributed by atoms with Crippen LogP contribution in [0.4, 0.5) is 8.78 Å². The summed E-state index contributed by atoms with van der Waals surface area (Å²) in [5.74, 6) is -3.30. The summed E-state index contributed by atoms with van der Waals surface area (Å²) in [6.07, 6.45) is 7.83. The van der Waals surface area contributed by atoms with Gasteiger partial charge in [-0.05, 0) is 24.6 Å². The number of unbranched alkanes of at least 4 members (excludes halogenated alkanes) is 6. The molecule has 0 saturated heterocycles. The standard InChI is InChI=1S/C23H26F2O4/c1-2-3-4-5-6-7-8-12-28-22(26)17-10-9-11-18(13-17)23(27)29-21-15-19(24)14-20(25)16-21/h9-11,13-16H,2-8,12H2,1H3. The summed E-state index contributed by atoms with van der Waals surface area (Å²) >= 11 is 0. The summed E-state index contributed by atoms with van der Waals surface area (Å²) in [4.78, 5) is 24.4. The van der Waals surface area contributed by atoms with Gasteiger partial charge in [0.25, 0.3) is 0 Å². The zero-order chi connectivity index (χ0) is 21.1. The molecule has 0 aliphatic rings. The van der Waals surface area contributed by atoms with Crippen molar-refractivity contribution < 1.29 is 27.8 Å². The molecule has 2 rings (SSSR count). The molecule has 2 aromatic carbocycles. The molecule has 0 aromatic heterocycles. The molecule has 0 atom stereocenters. The Balaban J connectivity index is 1.83. The third-order valence-electron chi connectivity index (χ3n) is 4.36.